The molecule has 2 fully saturated rings. The van der Waals surface area contributed by atoms with Gasteiger partial charge in [0.05, 0.1) is 29.4 Å². The molecule has 1 aromatic carbocycles. The molecular formula is C26H29F6N7O3S. The number of alkyl halides is 6. The van der Waals surface area contributed by atoms with E-state index in [-0.39, 0.29) is 61.7 Å². The number of halogens is 6. The number of hydrogen-bond acceptors (Lipinski definition) is 8. The van der Waals surface area contributed by atoms with E-state index in [4.69, 9.17) is 0 Å². The number of rotatable bonds is 7. The molecule has 0 bridgehead atoms. The zero-order chi connectivity index (χ0) is 31.4. The number of hydrogen-bond donors (Lipinski definition) is 2. The summed E-state index contributed by atoms with van der Waals surface area (Å²) in [5, 5.41) is 12.9. The Morgan fingerprint density at radius 2 is 1.74 bits per heavy atom. The average Bonchev–Trinajstić information content (AvgIpc) is 3.36. The molecule has 0 saturated carbocycles. The molecule has 10 nitrogen and oxygen atoms in total. The monoisotopic (exact) mass is 633 g/mol. The highest BCUT2D eigenvalue weighted by Gasteiger charge is 2.41. The molecule has 0 spiro atoms. The van der Waals surface area contributed by atoms with Gasteiger partial charge in [-0.05, 0) is 31.4 Å². The number of sulfonamides is 1. The Morgan fingerprint density at radius 3 is 2.33 bits per heavy atom. The van der Waals surface area contributed by atoms with Gasteiger partial charge in [-0.2, -0.15) is 26.3 Å². The van der Waals surface area contributed by atoms with Crippen LogP contribution in [-0.4, -0.2) is 86.3 Å². The highest BCUT2D eigenvalue weighted by Crippen LogP contribution is 2.40. The van der Waals surface area contributed by atoms with Crippen LogP contribution in [0.1, 0.15) is 36.5 Å². The molecule has 0 amide bonds. The third-order valence-corrected chi connectivity index (χ3v) is 8.69. The number of benzene rings is 1. The predicted octanol–water partition coefficient (Wildman–Crippen LogP) is 3.77. The minimum absolute atomic E-state index is 0.0535. The summed E-state index contributed by atoms with van der Waals surface area (Å²) in [4.78, 5) is 13.5. The van der Waals surface area contributed by atoms with Crippen molar-refractivity contribution in [1.82, 2.24) is 28.7 Å². The van der Waals surface area contributed by atoms with Crippen molar-refractivity contribution in [2.75, 3.05) is 37.8 Å². The van der Waals surface area contributed by atoms with E-state index >= 15 is 0 Å². The average molecular weight is 634 g/mol. The number of aliphatic hydroxyl groups is 1. The van der Waals surface area contributed by atoms with Crippen molar-refractivity contribution in [3.05, 3.63) is 53.6 Å². The van der Waals surface area contributed by atoms with Crippen LogP contribution in [0.3, 0.4) is 0 Å². The van der Waals surface area contributed by atoms with E-state index in [9.17, 15) is 39.9 Å². The van der Waals surface area contributed by atoms with Gasteiger partial charge < -0.3 is 15.0 Å². The molecule has 0 unspecified atom stereocenters. The molecular weight excluding hydrogens is 604 g/mol. The molecule has 2 N–H and O–H groups in total. The molecule has 5 rings (SSSR count). The van der Waals surface area contributed by atoms with Gasteiger partial charge in [0.25, 0.3) is 0 Å². The Kier molecular flexibility index (Phi) is 7.98. The topological polar surface area (TPSA) is 116 Å². The summed E-state index contributed by atoms with van der Waals surface area (Å²) in [6.45, 7) is 2.33. The molecule has 4 heterocycles. The number of nitrogens with zero attached hydrogens (tertiary/aromatic N) is 6. The fraction of sp³-hybridized carbons (Fsp3) is 0.500. The number of β-amino-alcohol motifs (C(OH)–C–C–N with tert-alkyl or cyclic N) is 1. The van der Waals surface area contributed by atoms with Crippen molar-refractivity contribution in [1.29, 1.82) is 0 Å². The predicted molar refractivity (Wildman–Crippen MR) is 144 cm³/mol. The van der Waals surface area contributed by atoms with E-state index in [0.29, 0.717) is 19.0 Å². The lowest BCUT2D eigenvalue weighted by Crippen LogP contribution is -2.59. The van der Waals surface area contributed by atoms with Crippen LogP contribution in [0, 0.1) is 0 Å². The molecule has 3 aromatic rings. The van der Waals surface area contributed by atoms with Gasteiger partial charge in [-0.25, -0.2) is 27.7 Å². The summed E-state index contributed by atoms with van der Waals surface area (Å²) in [6.07, 6.45) is -5.22. The van der Waals surface area contributed by atoms with E-state index < -0.39 is 44.8 Å². The third-order valence-electron chi connectivity index (χ3n) is 7.39. The largest absolute Gasteiger partial charge is 0.420 e. The first kappa shape index (κ1) is 31.2. The van der Waals surface area contributed by atoms with Crippen molar-refractivity contribution in [3.8, 4) is 17.1 Å². The molecule has 0 radical (unpaired) electrons. The first-order valence-electron chi connectivity index (χ1n) is 13.3. The second-order valence-corrected chi connectivity index (χ2v) is 13.1. The minimum Gasteiger partial charge on any atom is -0.388 e. The molecule has 234 valence electrons. The Bertz CT molecular complexity index is 1590. The maximum Gasteiger partial charge on any atom is 0.420 e. The van der Waals surface area contributed by atoms with Crippen molar-refractivity contribution < 1.29 is 39.9 Å². The van der Waals surface area contributed by atoms with Gasteiger partial charge in [-0.3, -0.25) is 4.90 Å². The highest BCUT2D eigenvalue weighted by molar-refractivity contribution is 7.88. The summed E-state index contributed by atoms with van der Waals surface area (Å²) in [7, 11) is -3.38. The van der Waals surface area contributed by atoms with Crippen LogP contribution in [0.4, 0.5) is 32.3 Å². The number of aromatic nitrogens is 4. The van der Waals surface area contributed by atoms with E-state index in [2.05, 4.69) is 20.3 Å². The Hall–Kier alpha value is -3.28. The lowest BCUT2D eigenvalue weighted by molar-refractivity contribution is -0.139. The van der Waals surface area contributed by atoms with Crippen LogP contribution < -0.4 is 5.32 Å². The third kappa shape index (κ3) is 6.94. The first-order chi connectivity index (χ1) is 19.9. The van der Waals surface area contributed by atoms with Crippen molar-refractivity contribution in [3.63, 3.8) is 0 Å². The zero-order valence-corrected chi connectivity index (χ0v) is 23.9. The minimum atomic E-state index is -4.88. The van der Waals surface area contributed by atoms with Gasteiger partial charge in [-0.15, -0.1) is 0 Å². The lowest BCUT2D eigenvalue weighted by atomic mass is 9.95. The summed E-state index contributed by atoms with van der Waals surface area (Å²) < 4.78 is 111. The smallest absolute Gasteiger partial charge is 0.388 e. The maximum absolute atomic E-state index is 14.3. The summed E-state index contributed by atoms with van der Waals surface area (Å²) >= 11 is 0. The quantitative estimate of drug-likeness (QED) is 0.378. The molecule has 2 aliphatic rings. The molecule has 43 heavy (non-hydrogen) atoms. The fourth-order valence-corrected chi connectivity index (χ4v) is 6.35. The standard InChI is InChI=1S/C26H29F6N7O3S/c1-24(40)13-37(14-24)11-16-4-3-5-20(21(16)26(30,31)32)38-12-19(34-15-38)22-18(25(27,28)29)10-33-23(36-22)35-17-6-8-39(9-7-17)43(2,41)42/h3-5,10,12,15,17,40H,6-9,11,13-14H2,1-2H3,(H,33,35,36). The van der Waals surface area contributed by atoms with Crippen molar-refractivity contribution >= 4 is 16.0 Å². The number of anilines is 1. The van der Waals surface area contributed by atoms with Crippen LogP contribution in [0.25, 0.3) is 17.1 Å². The van der Waals surface area contributed by atoms with Crippen molar-refractivity contribution in [2.45, 2.75) is 50.3 Å². The second kappa shape index (κ2) is 11.0. The summed E-state index contributed by atoms with van der Waals surface area (Å²) in [5.41, 5.74) is -4.48. The van der Waals surface area contributed by atoms with Crippen LogP contribution in [0.15, 0.2) is 36.9 Å². The molecule has 2 saturated heterocycles. The van der Waals surface area contributed by atoms with Crippen LogP contribution in [-0.2, 0) is 28.9 Å². The first-order valence-corrected chi connectivity index (χ1v) is 15.1. The number of piperidine rings is 1. The van der Waals surface area contributed by atoms with Gasteiger partial charge in [0, 0.05) is 51.2 Å². The molecule has 0 atom stereocenters. The summed E-state index contributed by atoms with van der Waals surface area (Å²) in [5.74, 6) is -0.154. The van der Waals surface area contributed by atoms with Crippen LogP contribution in [0.5, 0.6) is 0 Å². The Morgan fingerprint density at radius 1 is 1.07 bits per heavy atom. The van der Waals surface area contributed by atoms with E-state index in [1.807, 2.05) is 0 Å². The van der Waals surface area contributed by atoms with E-state index in [1.165, 1.54) is 22.5 Å². The van der Waals surface area contributed by atoms with Gasteiger partial charge >= 0.3 is 12.4 Å². The molecule has 17 heteroatoms. The fourth-order valence-electron chi connectivity index (χ4n) is 5.48. The van der Waals surface area contributed by atoms with E-state index in [1.54, 1.807) is 11.8 Å². The van der Waals surface area contributed by atoms with Crippen LogP contribution >= 0.6 is 0 Å². The van der Waals surface area contributed by atoms with Crippen molar-refractivity contribution in [2.24, 2.45) is 0 Å². The van der Waals surface area contributed by atoms with Gasteiger partial charge in [-0.1, -0.05) is 12.1 Å². The summed E-state index contributed by atoms with van der Waals surface area (Å²) in [6, 6.07) is 3.62. The van der Waals surface area contributed by atoms with Gasteiger partial charge in [0.1, 0.15) is 17.0 Å². The molecule has 2 aromatic heterocycles. The maximum atomic E-state index is 14.3. The van der Waals surface area contributed by atoms with Gasteiger partial charge in [0.2, 0.25) is 16.0 Å². The lowest BCUT2D eigenvalue weighted by Gasteiger charge is -2.44. The van der Waals surface area contributed by atoms with E-state index in [0.717, 1.165) is 23.3 Å². The number of nitrogens with one attached hydrogen (secondary N) is 1. The molecule has 0 aliphatic carbocycles. The van der Waals surface area contributed by atoms with Crippen LogP contribution in [0.2, 0.25) is 0 Å². The number of likely N-dealkylation sites (tertiary alicyclic amines) is 1. The Balaban J connectivity index is 1.45. The molecule has 2 aliphatic heterocycles. The normalized spacial score (nSPS) is 18.9. The Labute approximate surface area is 243 Å². The number of imidazole rings is 1. The SMILES string of the molecule is CC1(O)CN(Cc2cccc(-n3cnc(-c4nc(NC5CCN(S(C)(=O)=O)CC5)ncc4C(F)(F)F)c3)c2C(F)(F)F)C1. The highest BCUT2D eigenvalue weighted by atomic mass is 32.2. The van der Waals surface area contributed by atoms with Gasteiger partial charge in [0.15, 0.2) is 0 Å². The second-order valence-electron chi connectivity index (χ2n) is 11.2. The zero-order valence-electron chi connectivity index (χ0n) is 23.1.